The highest BCUT2D eigenvalue weighted by Crippen LogP contribution is 2.21. The predicted molar refractivity (Wildman–Crippen MR) is 126 cm³/mol. The highest BCUT2D eigenvalue weighted by atomic mass is 16.1. The Hall–Kier alpha value is -3.85. The lowest BCUT2D eigenvalue weighted by Gasteiger charge is -2.29. The summed E-state index contributed by atoms with van der Waals surface area (Å²) >= 11 is 0. The Kier molecular flexibility index (Phi) is 5.85. The number of anilines is 2. The molecule has 0 aliphatic carbocycles. The minimum absolute atomic E-state index is 0.0954. The number of nitrogens with two attached hydrogens (primary N) is 2. The van der Waals surface area contributed by atoms with Gasteiger partial charge in [0.15, 0.2) is 0 Å². The molecule has 0 unspecified atom stereocenters. The second-order valence-electron chi connectivity index (χ2n) is 7.43. The molecule has 1 fully saturated rings. The molecule has 2 heterocycles. The number of aromatic nitrogens is 1. The van der Waals surface area contributed by atoms with Crippen molar-refractivity contribution in [2.45, 2.75) is 6.92 Å². The van der Waals surface area contributed by atoms with Gasteiger partial charge in [-0.1, -0.05) is 6.07 Å². The van der Waals surface area contributed by atoms with Crippen molar-refractivity contribution in [3.8, 4) is 0 Å². The lowest BCUT2D eigenvalue weighted by atomic mass is 10.1. The fraction of sp³-hybridized carbons (Fsp3) is 0.227. The highest BCUT2D eigenvalue weighted by Gasteiger charge is 2.13. The third kappa shape index (κ3) is 4.84. The summed E-state index contributed by atoms with van der Waals surface area (Å²) in [5.74, 6) is -0.291. The Morgan fingerprint density at radius 2 is 1.77 bits per heavy atom. The van der Waals surface area contributed by atoms with Gasteiger partial charge in [-0.2, -0.15) is 5.10 Å². The van der Waals surface area contributed by atoms with Crippen LogP contribution < -0.4 is 27.0 Å². The first-order chi connectivity index (χ1) is 15.0. The molecule has 7 N–H and O–H groups in total. The Bertz CT molecular complexity index is 1140. The maximum atomic E-state index is 12.7. The number of H-pyrrole nitrogens is 1. The summed E-state index contributed by atoms with van der Waals surface area (Å²) in [7, 11) is 0. The number of carbonyl (C=O) groups is 1. The maximum absolute atomic E-state index is 12.7. The molecule has 0 spiro atoms. The van der Waals surface area contributed by atoms with Gasteiger partial charge >= 0.3 is 0 Å². The van der Waals surface area contributed by atoms with Gasteiger partial charge in [0, 0.05) is 48.5 Å². The average molecular weight is 419 g/mol. The second kappa shape index (κ2) is 8.88. The first-order valence-corrected chi connectivity index (χ1v) is 10.1. The van der Waals surface area contributed by atoms with Crippen LogP contribution in [0, 0.1) is 0 Å². The highest BCUT2D eigenvalue weighted by molar-refractivity contribution is 6.07. The van der Waals surface area contributed by atoms with Crippen LogP contribution in [0.5, 0.6) is 0 Å². The lowest BCUT2D eigenvalue weighted by Crippen LogP contribution is -2.43. The van der Waals surface area contributed by atoms with Crippen LogP contribution in [0.25, 0.3) is 10.9 Å². The van der Waals surface area contributed by atoms with Gasteiger partial charge in [-0.3, -0.25) is 4.79 Å². The minimum Gasteiger partial charge on any atom is -0.369 e. The number of rotatable bonds is 5. The molecule has 9 heteroatoms. The van der Waals surface area contributed by atoms with Crippen LogP contribution in [0.2, 0.25) is 0 Å². The molecule has 1 aliphatic rings. The van der Waals surface area contributed by atoms with Crippen LogP contribution in [0.15, 0.2) is 58.7 Å². The van der Waals surface area contributed by atoms with E-state index in [2.05, 4.69) is 30.7 Å². The normalized spacial score (nSPS) is 14.5. The third-order valence-corrected chi connectivity index (χ3v) is 5.21. The van der Waals surface area contributed by atoms with Crippen LogP contribution in [-0.2, 0) is 0 Å². The van der Waals surface area contributed by atoms with Crippen molar-refractivity contribution in [3.05, 3.63) is 59.8 Å². The van der Waals surface area contributed by atoms with Crippen molar-refractivity contribution in [1.29, 1.82) is 0 Å². The molecule has 3 aromatic rings. The standard InChI is InChI=1S/C22H26N8O/c1-14(28-29-22(23)24)15-2-7-19-16(12-15)13-20(27-19)21(31)26-17-3-5-18(6-4-17)30-10-8-25-9-11-30/h2-7,12-13,25,27H,8-11H2,1H3,(H,26,31)(H4,23,24,29)/b28-14+. The van der Waals surface area contributed by atoms with Crippen LogP contribution in [-0.4, -0.2) is 48.7 Å². The number of nitrogens with zero attached hydrogens (tertiary/aromatic N) is 3. The average Bonchev–Trinajstić information content (AvgIpc) is 3.22. The number of amides is 1. The van der Waals surface area contributed by atoms with E-state index in [0.717, 1.165) is 54.0 Å². The number of carbonyl (C=O) groups excluding carboxylic acids is 1. The molecule has 0 atom stereocenters. The molecule has 1 amide bonds. The van der Waals surface area contributed by atoms with Crippen LogP contribution in [0.1, 0.15) is 23.0 Å². The Balaban J connectivity index is 1.47. The topological polar surface area (TPSA) is 137 Å². The first-order valence-electron chi connectivity index (χ1n) is 10.1. The zero-order valence-electron chi connectivity index (χ0n) is 17.4. The number of benzene rings is 2. The molecule has 0 radical (unpaired) electrons. The predicted octanol–water partition coefficient (Wildman–Crippen LogP) is 1.83. The van der Waals surface area contributed by atoms with Crippen molar-refractivity contribution in [2.75, 3.05) is 36.4 Å². The van der Waals surface area contributed by atoms with E-state index in [-0.39, 0.29) is 11.9 Å². The number of hydrogen-bond donors (Lipinski definition) is 5. The van der Waals surface area contributed by atoms with Crippen molar-refractivity contribution >= 4 is 39.9 Å². The number of aromatic amines is 1. The molecule has 9 nitrogen and oxygen atoms in total. The molecule has 160 valence electrons. The van der Waals surface area contributed by atoms with Gasteiger partial charge in [0.2, 0.25) is 5.96 Å². The van der Waals surface area contributed by atoms with E-state index in [9.17, 15) is 4.79 Å². The van der Waals surface area contributed by atoms with E-state index in [0.29, 0.717) is 11.4 Å². The van der Waals surface area contributed by atoms with E-state index < -0.39 is 0 Å². The summed E-state index contributed by atoms with van der Waals surface area (Å²) in [6, 6.07) is 15.5. The molecule has 0 bridgehead atoms. The number of hydrogen-bond acceptors (Lipinski definition) is 5. The van der Waals surface area contributed by atoms with Gasteiger partial charge in [0.25, 0.3) is 5.91 Å². The Morgan fingerprint density at radius 1 is 1.03 bits per heavy atom. The van der Waals surface area contributed by atoms with Crippen LogP contribution in [0.4, 0.5) is 11.4 Å². The quantitative estimate of drug-likeness (QED) is 0.245. The van der Waals surface area contributed by atoms with E-state index >= 15 is 0 Å². The molecule has 1 aliphatic heterocycles. The molecule has 0 saturated carbocycles. The maximum Gasteiger partial charge on any atom is 0.272 e. The first kappa shape index (κ1) is 20.4. The largest absolute Gasteiger partial charge is 0.369 e. The SMILES string of the molecule is C/C(=N\N=C(N)N)c1ccc2[nH]c(C(=O)Nc3ccc(N4CCNCC4)cc3)cc2c1. The third-order valence-electron chi connectivity index (χ3n) is 5.21. The number of nitrogens with one attached hydrogen (secondary N) is 3. The molecule has 31 heavy (non-hydrogen) atoms. The Labute approximate surface area is 180 Å². The summed E-state index contributed by atoms with van der Waals surface area (Å²) in [6.45, 7) is 5.76. The van der Waals surface area contributed by atoms with E-state index in [1.54, 1.807) is 0 Å². The van der Waals surface area contributed by atoms with E-state index in [4.69, 9.17) is 11.5 Å². The second-order valence-corrected chi connectivity index (χ2v) is 7.43. The smallest absolute Gasteiger partial charge is 0.272 e. The number of fused-ring (bicyclic) bond motifs is 1. The summed E-state index contributed by atoms with van der Waals surface area (Å²) in [5.41, 5.74) is 15.4. The van der Waals surface area contributed by atoms with Gasteiger partial charge in [-0.15, -0.1) is 5.10 Å². The summed E-state index contributed by atoms with van der Waals surface area (Å²) < 4.78 is 0. The molecule has 1 saturated heterocycles. The van der Waals surface area contributed by atoms with Gasteiger partial charge < -0.3 is 32.0 Å². The minimum atomic E-state index is -0.196. The van der Waals surface area contributed by atoms with Gasteiger partial charge in [-0.05, 0) is 55.0 Å². The molecule has 1 aromatic heterocycles. The van der Waals surface area contributed by atoms with Crippen molar-refractivity contribution < 1.29 is 4.79 Å². The van der Waals surface area contributed by atoms with Crippen molar-refractivity contribution in [2.24, 2.45) is 21.7 Å². The van der Waals surface area contributed by atoms with Crippen molar-refractivity contribution in [1.82, 2.24) is 10.3 Å². The zero-order chi connectivity index (χ0) is 21.8. The number of guanidine groups is 1. The van der Waals surface area contributed by atoms with E-state index in [1.165, 1.54) is 0 Å². The summed E-state index contributed by atoms with van der Waals surface area (Å²) in [4.78, 5) is 18.2. The van der Waals surface area contributed by atoms with E-state index in [1.807, 2.05) is 55.5 Å². The molecule has 2 aromatic carbocycles. The van der Waals surface area contributed by atoms with Gasteiger partial charge in [-0.25, -0.2) is 0 Å². The monoisotopic (exact) mass is 418 g/mol. The van der Waals surface area contributed by atoms with Gasteiger partial charge in [0.05, 0.1) is 5.71 Å². The molecule has 4 rings (SSSR count). The van der Waals surface area contributed by atoms with Crippen molar-refractivity contribution in [3.63, 3.8) is 0 Å². The Morgan fingerprint density at radius 3 is 2.48 bits per heavy atom. The summed E-state index contributed by atoms with van der Waals surface area (Å²) in [5, 5.41) is 14.9. The van der Waals surface area contributed by atoms with Gasteiger partial charge in [0.1, 0.15) is 5.69 Å². The van der Waals surface area contributed by atoms with Crippen LogP contribution >= 0.6 is 0 Å². The fourth-order valence-corrected chi connectivity index (χ4v) is 3.55. The molecular weight excluding hydrogens is 392 g/mol. The lowest BCUT2D eigenvalue weighted by molar-refractivity contribution is 0.102. The zero-order valence-corrected chi connectivity index (χ0v) is 17.4. The van der Waals surface area contributed by atoms with Crippen LogP contribution in [0.3, 0.4) is 0 Å². The number of piperazine rings is 1. The molecular formula is C22H26N8O. The summed E-state index contributed by atoms with van der Waals surface area (Å²) in [6.07, 6.45) is 0. The fourth-order valence-electron chi connectivity index (χ4n) is 3.55.